The number of anilines is 1. The Labute approximate surface area is 164 Å². The van der Waals surface area contributed by atoms with E-state index in [2.05, 4.69) is 47.6 Å². The number of likely N-dealkylation sites (N-methyl/N-ethyl adjacent to an activating group) is 1. The molecule has 0 radical (unpaired) electrons. The fourth-order valence-corrected chi connectivity index (χ4v) is 3.95. The quantitative estimate of drug-likeness (QED) is 0.766. The van der Waals surface area contributed by atoms with Crippen molar-refractivity contribution in [2.45, 2.75) is 18.9 Å². The van der Waals surface area contributed by atoms with E-state index in [1.54, 1.807) is 18.4 Å². The van der Waals surface area contributed by atoms with Gasteiger partial charge in [0.25, 0.3) is 0 Å². The van der Waals surface area contributed by atoms with Crippen LogP contribution in [0.25, 0.3) is 16.0 Å². The molecule has 1 amide bonds. The van der Waals surface area contributed by atoms with Crippen molar-refractivity contribution < 1.29 is 9.53 Å². The molecule has 0 bridgehead atoms. The summed E-state index contributed by atoms with van der Waals surface area (Å²) in [6.45, 7) is 2.59. The number of benzene rings is 1. The Morgan fingerprint density at radius 2 is 2.00 bits per heavy atom. The molecule has 1 aromatic heterocycles. The molecule has 144 valence electrons. The molecule has 2 heterocycles. The Morgan fingerprint density at radius 3 is 2.67 bits per heavy atom. The molecule has 1 aromatic carbocycles. The summed E-state index contributed by atoms with van der Waals surface area (Å²) in [6.07, 6.45) is 3.91. The van der Waals surface area contributed by atoms with Crippen molar-refractivity contribution in [3.8, 4) is 10.4 Å². The van der Waals surface area contributed by atoms with Gasteiger partial charge in [0, 0.05) is 31.7 Å². The minimum absolute atomic E-state index is 0.176. The van der Waals surface area contributed by atoms with Crippen LogP contribution in [0.15, 0.2) is 42.5 Å². The first-order valence-electron chi connectivity index (χ1n) is 9.20. The number of nitrogens with two attached hydrogens (primary N) is 1. The van der Waals surface area contributed by atoms with Gasteiger partial charge in [-0.25, -0.2) is 0 Å². The van der Waals surface area contributed by atoms with Gasteiger partial charge < -0.3 is 20.7 Å². The molecule has 1 atom stereocenters. The average Bonchev–Trinajstić information content (AvgIpc) is 3.15. The predicted octanol–water partition coefficient (Wildman–Crippen LogP) is 3.44. The van der Waals surface area contributed by atoms with Crippen LogP contribution in [0.4, 0.5) is 5.00 Å². The monoisotopic (exact) mass is 385 g/mol. The van der Waals surface area contributed by atoms with Crippen molar-refractivity contribution in [2.75, 3.05) is 39.2 Å². The summed E-state index contributed by atoms with van der Waals surface area (Å²) in [5.74, 6) is -0.176. The Bertz CT molecular complexity index is 798. The molecule has 0 fully saturated rings. The largest absolute Gasteiger partial charge is 0.385 e. The van der Waals surface area contributed by atoms with Gasteiger partial charge in [0.2, 0.25) is 5.91 Å². The van der Waals surface area contributed by atoms with Crippen LogP contribution in [0.3, 0.4) is 0 Å². The van der Waals surface area contributed by atoms with Gasteiger partial charge in [0.15, 0.2) is 0 Å². The topological polar surface area (TPSA) is 67.6 Å². The lowest BCUT2D eigenvalue weighted by Gasteiger charge is -2.22. The number of nitrogens with one attached hydrogen (secondary N) is 1. The van der Waals surface area contributed by atoms with Gasteiger partial charge >= 0.3 is 0 Å². The summed E-state index contributed by atoms with van der Waals surface area (Å²) >= 11 is 1.56. The molecule has 2 aromatic rings. The molecule has 3 N–H and O–H groups in total. The first-order valence-corrected chi connectivity index (χ1v) is 10.0. The number of methoxy groups -OCH3 is 1. The van der Waals surface area contributed by atoms with E-state index in [-0.39, 0.29) is 5.91 Å². The highest BCUT2D eigenvalue weighted by Crippen LogP contribution is 2.32. The van der Waals surface area contributed by atoms with E-state index >= 15 is 0 Å². The van der Waals surface area contributed by atoms with E-state index in [0.717, 1.165) is 35.0 Å². The molecular formula is C21H27N3O2S. The van der Waals surface area contributed by atoms with E-state index < -0.39 is 6.04 Å². The number of amides is 1. The maximum absolute atomic E-state index is 12.1. The summed E-state index contributed by atoms with van der Waals surface area (Å²) in [5, 5.41) is 3.70. The Morgan fingerprint density at radius 1 is 1.26 bits per heavy atom. The molecule has 0 saturated carbocycles. The van der Waals surface area contributed by atoms with Crippen LogP contribution >= 0.6 is 11.3 Å². The summed E-state index contributed by atoms with van der Waals surface area (Å²) in [4.78, 5) is 15.6. The standard InChI is InChI=1S/C21H27N3O2S/c1-24-12-9-16(10-13-24)15-3-5-17(6-4-15)19-7-8-20(27-19)23-21(25)18(22)11-14-26-2/h3-9,18H,10-14,22H2,1-2H3,(H,23,25). The number of carbonyl (C=O) groups is 1. The second kappa shape index (κ2) is 9.28. The number of nitrogens with zero attached hydrogens (tertiary/aromatic N) is 1. The molecule has 5 nitrogen and oxygen atoms in total. The first kappa shape index (κ1) is 19.8. The van der Waals surface area contributed by atoms with E-state index in [9.17, 15) is 4.79 Å². The smallest absolute Gasteiger partial charge is 0.241 e. The third-order valence-corrected chi connectivity index (χ3v) is 5.82. The molecule has 0 spiro atoms. The summed E-state index contributed by atoms with van der Waals surface area (Å²) in [7, 11) is 3.75. The van der Waals surface area contributed by atoms with E-state index in [4.69, 9.17) is 10.5 Å². The van der Waals surface area contributed by atoms with Crippen LogP contribution in [0, 0.1) is 0 Å². The molecule has 0 aliphatic carbocycles. The maximum atomic E-state index is 12.1. The minimum Gasteiger partial charge on any atom is -0.385 e. The molecule has 3 rings (SSSR count). The van der Waals surface area contributed by atoms with Crippen molar-refractivity contribution in [3.63, 3.8) is 0 Å². The minimum atomic E-state index is -0.558. The van der Waals surface area contributed by atoms with Gasteiger partial charge in [0.1, 0.15) is 0 Å². The van der Waals surface area contributed by atoms with Crippen LogP contribution < -0.4 is 11.1 Å². The van der Waals surface area contributed by atoms with Gasteiger partial charge in [-0.3, -0.25) is 4.79 Å². The van der Waals surface area contributed by atoms with Gasteiger partial charge in [-0.15, -0.1) is 11.3 Å². The highest BCUT2D eigenvalue weighted by atomic mass is 32.1. The Hall–Kier alpha value is -1.99. The lowest BCUT2D eigenvalue weighted by atomic mass is 9.98. The second-order valence-electron chi connectivity index (χ2n) is 6.86. The van der Waals surface area contributed by atoms with Gasteiger partial charge in [-0.05, 0) is 48.7 Å². The molecule has 1 aliphatic heterocycles. The van der Waals surface area contributed by atoms with Crippen LogP contribution in [0.1, 0.15) is 18.4 Å². The van der Waals surface area contributed by atoms with Gasteiger partial charge in [-0.2, -0.15) is 0 Å². The predicted molar refractivity (Wildman–Crippen MR) is 113 cm³/mol. The number of thiophene rings is 1. The third-order valence-electron chi connectivity index (χ3n) is 4.77. The Balaban J connectivity index is 1.63. The number of carbonyl (C=O) groups excluding carboxylic acids is 1. The first-order chi connectivity index (χ1) is 13.1. The summed E-state index contributed by atoms with van der Waals surface area (Å²) in [6, 6.07) is 12.1. The summed E-state index contributed by atoms with van der Waals surface area (Å²) in [5.41, 5.74) is 9.74. The summed E-state index contributed by atoms with van der Waals surface area (Å²) < 4.78 is 4.97. The fourth-order valence-electron chi connectivity index (χ4n) is 3.03. The SMILES string of the molecule is COCCC(N)C(=O)Nc1ccc(-c2ccc(C3=CCN(C)CC3)cc2)s1. The van der Waals surface area contributed by atoms with Crippen LogP contribution in [-0.4, -0.2) is 50.7 Å². The molecule has 27 heavy (non-hydrogen) atoms. The zero-order chi connectivity index (χ0) is 19.2. The van der Waals surface area contributed by atoms with Crippen LogP contribution in [0.2, 0.25) is 0 Å². The van der Waals surface area contributed by atoms with Crippen molar-refractivity contribution in [2.24, 2.45) is 5.73 Å². The van der Waals surface area contributed by atoms with Gasteiger partial charge in [0.05, 0.1) is 11.0 Å². The van der Waals surface area contributed by atoms with Crippen molar-refractivity contribution in [1.82, 2.24) is 4.90 Å². The zero-order valence-electron chi connectivity index (χ0n) is 15.9. The molecule has 1 aliphatic rings. The van der Waals surface area contributed by atoms with E-state index in [1.165, 1.54) is 11.1 Å². The van der Waals surface area contributed by atoms with Crippen molar-refractivity contribution in [3.05, 3.63) is 48.0 Å². The maximum Gasteiger partial charge on any atom is 0.241 e. The second-order valence-corrected chi connectivity index (χ2v) is 7.94. The lowest BCUT2D eigenvalue weighted by molar-refractivity contribution is -0.117. The fraction of sp³-hybridized carbons (Fsp3) is 0.381. The highest BCUT2D eigenvalue weighted by molar-refractivity contribution is 7.19. The molecule has 6 heteroatoms. The van der Waals surface area contributed by atoms with E-state index in [1.807, 2.05) is 12.1 Å². The Kier molecular flexibility index (Phi) is 6.79. The molecule has 0 saturated heterocycles. The molecule has 1 unspecified atom stereocenters. The van der Waals surface area contributed by atoms with Crippen LogP contribution in [0.5, 0.6) is 0 Å². The number of hydrogen-bond acceptors (Lipinski definition) is 5. The van der Waals surface area contributed by atoms with E-state index in [0.29, 0.717) is 13.0 Å². The van der Waals surface area contributed by atoms with Gasteiger partial charge in [-0.1, -0.05) is 30.3 Å². The molecular weight excluding hydrogens is 358 g/mol. The number of hydrogen-bond donors (Lipinski definition) is 2. The average molecular weight is 386 g/mol. The zero-order valence-corrected chi connectivity index (χ0v) is 16.7. The number of ether oxygens (including phenoxy) is 1. The van der Waals surface area contributed by atoms with Crippen LogP contribution in [-0.2, 0) is 9.53 Å². The highest BCUT2D eigenvalue weighted by Gasteiger charge is 2.15. The van der Waals surface area contributed by atoms with Crippen molar-refractivity contribution >= 4 is 27.8 Å². The third kappa shape index (κ3) is 5.26. The normalized spacial score (nSPS) is 16.0. The van der Waals surface area contributed by atoms with Crippen molar-refractivity contribution in [1.29, 1.82) is 0 Å². The lowest BCUT2D eigenvalue weighted by Crippen LogP contribution is -2.36. The number of rotatable bonds is 7.